The second-order valence-corrected chi connectivity index (χ2v) is 4.38. The zero-order valence-electron chi connectivity index (χ0n) is 9.01. The molecule has 0 aromatic heterocycles. The largest absolute Gasteiger partial charge is 0.379 e. The van der Waals surface area contributed by atoms with E-state index in [1.165, 1.54) is 19.3 Å². The predicted octanol–water partition coefficient (Wildman–Crippen LogP) is 2.32. The number of nitrogens with two attached hydrogens (primary N) is 1. The fraction of sp³-hybridized carbons (Fsp3) is 1.00. The molecule has 2 heteroatoms. The molecule has 78 valence electrons. The fourth-order valence-electron chi connectivity index (χ4n) is 1.54. The molecule has 0 spiro atoms. The van der Waals surface area contributed by atoms with E-state index in [1.54, 1.807) is 0 Å². The number of hydrogen-bond donors (Lipinski definition) is 1. The molecule has 0 atom stereocenters. The first-order valence-electron chi connectivity index (χ1n) is 5.57. The molecule has 0 unspecified atom stereocenters. The van der Waals surface area contributed by atoms with Crippen molar-refractivity contribution in [2.75, 3.05) is 13.2 Å². The van der Waals surface area contributed by atoms with E-state index >= 15 is 0 Å². The van der Waals surface area contributed by atoms with E-state index in [-0.39, 0.29) is 5.54 Å². The summed E-state index contributed by atoms with van der Waals surface area (Å²) in [5, 5.41) is 0. The van der Waals surface area contributed by atoms with Crippen LogP contribution in [0.3, 0.4) is 0 Å². The first-order valence-corrected chi connectivity index (χ1v) is 5.57. The quantitative estimate of drug-likeness (QED) is 0.689. The molecule has 0 heterocycles. The van der Waals surface area contributed by atoms with Crippen molar-refractivity contribution in [3.63, 3.8) is 0 Å². The minimum Gasteiger partial charge on any atom is -0.379 e. The molecule has 0 radical (unpaired) electrons. The van der Waals surface area contributed by atoms with Gasteiger partial charge < -0.3 is 10.5 Å². The lowest BCUT2D eigenvalue weighted by Crippen LogP contribution is -2.43. The van der Waals surface area contributed by atoms with Crippen molar-refractivity contribution in [2.45, 2.75) is 51.5 Å². The van der Waals surface area contributed by atoms with Gasteiger partial charge in [-0.2, -0.15) is 0 Å². The monoisotopic (exact) mass is 185 g/mol. The Hall–Kier alpha value is -0.0800. The van der Waals surface area contributed by atoms with Crippen LogP contribution in [0.4, 0.5) is 0 Å². The lowest BCUT2D eigenvalue weighted by atomic mass is 9.86. The molecule has 0 aromatic carbocycles. The van der Waals surface area contributed by atoms with Gasteiger partial charge in [-0.25, -0.2) is 0 Å². The highest BCUT2D eigenvalue weighted by molar-refractivity contribution is 4.80. The summed E-state index contributed by atoms with van der Waals surface area (Å²) in [5.41, 5.74) is 6.04. The van der Waals surface area contributed by atoms with Crippen LogP contribution in [0.15, 0.2) is 0 Å². The molecular weight excluding hydrogens is 162 g/mol. The van der Waals surface area contributed by atoms with Gasteiger partial charge in [0.05, 0.1) is 6.61 Å². The molecule has 13 heavy (non-hydrogen) atoms. The summed E-state index contributed by atoms with van der Waals surface area (Å²) < 4.78 is 5.66. The van der Waals surface area contributed by atoms with Crippen LogP contribution in [0.25, 0.3) is 0 Å². The average molecular weight is 185 g/mol. The third-order valence-electron chi connectivity index (χ3n) is 3.38. The smallest absolute Gasteiger partial charge is 0.0646 e. The van der Waals surface area contributed by atoms with E-state index in [1.807, 2.05) is 0 Å². The predicted molar refractivity (Wildman–Crippen MR) is 55.7 cm³/mol. The van der Waals surface area contributed by atoms with Crippen LogP contribution in [-0.4, -0.2) is 18.8 Å². The van der Waals surface area contributed by atoms with Crippen LogP contribution >= 0.6 is 0 Å². The molecule has 0 aliphatic heterocycles. The van der Waals surface area contributed by atoms with Gasteiger partial charge >= 0.3 is 0 Å². The highest BCUT2D eigenvalue weighted by Crippen LogP contribution is 2.26. The number of rotatable bonds is 6. The van der Waals surface area contributed by atoms with Gasteiger partial charge in [-0.3, -0.25) is 0 Å². The molecule has 0 bridgehead atoms. The molecule has 1 aliphatic carbocycles. The van der Waals surface area contributed by atoms with E-state index in [0.29, 0.717) is 0 Å². The van der Waals surface area contributed by atoms with Crippen LogP contribution in [0, 0.1) is 5.92 Å². The van der Waals surface area contributed by atoms with Crippen LogP contribution in [0.5, 0.6) is 0 Å². The number of hydrogen-bond acceptors (Lipinski definition) is 2. The minimum atomic E-state index is -0.0796. The van der Waals surface area contributed by atoms with Crippen molar-refractivity contribution in [3.8, 4) is 0 Å². The minimum absolute atomic E-state index is 0.0796. The Bertz CT molecular complexity index is 139. The van der Waals surface area contributed by atoms with E-state index in [0.717, 1.165) is 32.0 Å². The Labute approximate surface area is 81.8 Å². The van der Waals surface area contributed by atoms with Crippen LogP contribution in [0.1, 0.15) is 46.0 Å². The Morgan fingerprint density at radius 3 is 2.31 bits per heavy atom. The molecule has 1 fully saturated rings. The van der Waals surface area contributed by atoms with Crippen LogP contribution in [0.2, 0.25) is 0 Å². The Balaban J connectivity index is 2.08. The van der Waals surface area contributed by atoms with Crippen molar-refractivity contribution in [2.24, 2.45) is 11.7 Å². The summed E-state index contributed by atoms with van der Waals surface area (Å²) in [6.07, 6.45) is 6.12. The normalized spacial score (nSPS) is 18.7. The third kappa shape index (κ3) is 3.28. The zero-order valence-corrected chi connectivity index (χ0v) is 9.01. The average Bonchev–Trinajstić information content (AvgIpc) is 2.09. The second kappa shape index (κ2) is 4.97. The summed E-state index contributed by atoms with van der Waals surface area (Å²) >= 11 is 0. The highest BCUT2D eigenvalue weighted by Gasteiger charge is 2.22. The van der Waals surface area contributed by atoms with E-state index in [4.69, 9.17) is 10.5 Å². The number of ether oxygens (including phenoxy) is 1. The lowest BCUT2D eigenvalue weighted by Gasteiger charge is -2.30. The van der Waals surface area contributed by atoms with E-state index in [2.05, 4.69) is 13.8 Å². The van der Waals surface area contributed by atoms with Crippen molar-refractivity contribution >= 4 is 0 Å². The summed E-state index contributed by atoms with van der Waals surface area (Å²) in [7, 11) is 0. The van der Waals surface area contributed by atoms with Gasteiger partial charge in [0.25, 0.3) is 0 Å². The molecular formula is C11H23NO. The van der Waals surface area contributed by atoms with Gasteiger partial charge in [0, 0.05) is 12.1 Å². The molecule has 2 N–H and O–H groups in total. The van der Waals surface area contributed by atoms with Gasteiger partial charge in [0.1, 0.15) is 0 Å². The van der Waals surface area contributed by atoms with Crippen LogP contribution in [-0.2, 0) is 4.74 Å². The van der Waals surface area contributed by atoms with Gasteiger partial charge in [-0.1, -0.05) is 20.3 Å². The SMILES string of the molecule is CCC(N)(CC)COCC1CCC1. The molecule has 1 rings (SSSR count). The van der Waals surface area contributed by atoms with E-state index < -0.39 is 0 Å². The maximum Gasteiger partial charge on any atom is 0.0646 e. The molecule has 0 aromatic rings. The van der Waals surface area contributed by atoms with Crippen molar-refractivity contribution in [1.29, 1.82) is 0 Å². The summed E-state index contributed by atoms with van der Waals surface area (Å²) in [4.78, 5) is 0. The van der Waals surface area contributed by atoms with Gasteiger partial charge in [0.15, 0.2) is 0 Å². The van der Waals surface area contributed by atoms with E-state index in [9.17, 15) is 0 Å². The van der Waals surface area contributed by atoms with Gasteiger partial charge in [0.2, 0.25) is 0 Å². The Kier molecular flexibility index (Phi) is 4.20. The van der Waals surface area contributed by atoms with Crippen LogP contribution < -0.4 is 5.73 Å². The first-order chi connectivity index (χ1) is 6.20. The fourth-order valence-corrected chi connectivity index (χ4v) is 1.54. The first kappa shape index (κ1) is 11.0. The zero-order chi connectivity index (χ0) is 9.73. The maximum absolute atomic E-state index is 6.12. The molecule has 0 saturated heterocycles. The standard InChI is InChI=1S/C11H23NO/c1-3-11(12,4-2)9-13-8-10-6-5-7-10/h10H,3-9,12H2,1-2H3. The third-order valence-corrected chi connectivity index (χ3v) is 3.38. The van der Waals surface area contributed by atoms with Gasteiger partial charge in [-0.15, -0.1) is 0 Å². The Morgan fingerprint density at radius 1 is 1.31 bits per heavy atom. The maximum atomic E-state index is 6.12. The summed E-state index contributed by atoms with van der Waals surface area (Å²) in [5.74, 6) is 0.831. The highest BCUT2D eigenvalue weighted by atomic mass is 16.5. The van der Waals surface area contributed by atoms with Crippen molar-refractivity contribution in [3.05, 3.63) is 0 Å². The van der Waals surface area contributed by atoms with Crippen molar-refractivity contribution < 1.29 is 4.74 Å². The van der Waals surface area contributed by atoms with Gasteiger partial charge in [-0.05, 0) is 31.6 Å². The second-order valence-electron chi connectivity index (χ2n) is 4.38. The Morgan fingerprint density at radius 2 is 1.92 bits per heavy atom. The molecule has 2 nitrogen and oxygen atoms in total. The van der Waals surface area contributed by atoms with Crippen molar-refractivity contribution in [1.82, 2.24) is 0 Å². The molecule has 1 saturated carbocycles. The molecule has 0 amide bonds. The summed E-state index contributed by atoms with van der Waals surface area (Å²) in [6.45, 7) is 5.93. The molecule has 1 aliphatic rings. The topological polar surface area (TPSA) is 35.2 Å². The lowest BCUT2D eigenvalue weighted by molar-refractivity contribution is 0.0363. The summed E-state index contributed by atoms with van der Waals surface area (Å²) in [6, 6.07) is 0.